The summed E-state index contributed by atoms with van der Waals surface area (Å²) < 4.78 is 3.76. The Bertz CT molecular complexity index is 1410. The van der Waals surface area contributed by atoms with Gasteiger partial charge in [0.1, 0.15) is 11.4 Å². The molecule has 0 atom stereocenters. The second-order valence-electron chi connectivity index (χ2n) is 6.58. The van der Waals surface area contributed by atoms with Crippen LogP contribution < -0.4 is 10.6 Å². The lowest BCUT2D eigenvalue weighted by Gasteiger charge is -2.04. The predicted octanol–water partition coefficient (Wildman–Crippen LogP) is 6.33. The van der Waals surface area contributed by atoms with Crippen molar-refractivity contribution in [3.63, 3.8) is 0 Å². The summed E-state index contributed by atoms with van der Waals surface area (Å²) in [6.07, 6.45) is 0. The topological polar surface area (TPSA) is 96.9 Å². The molecule has 5 rings (SSSR count). The molecule has 7 nitrogen and oxygen atoms in total. The van der Waals surface area contributed by atoms with Crippen molar-refractivity contribution in [2.75, 3.05) is 10.6 Å². The molecule has 0 radical (unpaired) electrons. The maximum absolute atomic E-state index is 12.7. The van der Waals surface area contributed by atoms with Crippen LogP contribution in [0.5, 0.6) is 0 Å². The Hall–Kier alpha value is -2.73. The van der Waals surface area contributed by atoms with E-state index in [9.17, 15) is 9.59 Å². The molecule has 0 saturated carbocycles. The van der Waals surface area contributed by atoms with E-state index in [4.69, 9.17) is 0 Å². The Morgan fingerprint density at radius 3 is 1.62 bits per heavy atom. The molecule has 0 aliphatic heterocycles. The first-order valence-corrected chi connectivity index (χ1v) is 12.4. The predicted molar refractivity (Wildman–Crippen MR) is 135 cm³/mol. The largest absolute Gasteiger partial charge is 0.296 e. The zero-order chi connectivity index (χ0) is 22.2. The third kappa shape index (κ3) is 4.42. The summed E-state index contributed by atoms with van der Waals surface area (Å²) in [7, 11) is 0. The van der Waals surface area contributed by atoms with E-state index in [-0.39, 0.29) is 11.4 Å². The van der Waals surface area contributed by atoms with Crippen LogP contribution in [-0.4, -0.2) is 26.8 Å². The minimum absolute atomic E-state index is 0.117. The Kier molecular flexibility index (Phi) is 5.72. The van der Waals surface area contributed by atoms with Crippen molar-refractivity contribution in [2.24, 2.45) is 0 Å². The Balaban J connectivity index is 1.33. The molecule has 3 heterocycles. The van der Waals surface area contributed by atoms with E-state index in [0.717, 1.165) is 29.4 Å². The lowest BCUT2D eigenvalue weighted by atomic mass is 10.3. The van der Waals surface area contributed by atoms with Crippen molar-refractivity contribution in [1.82, 2.24) is 15.0 Å². The van der Waals surface area contributed by atoms with Crippen LogP contribution in [0.1, 0.15) is 21.0 Å². The summed E-state index contributed by atoms with van der Waals surface area (Å²) >= 11 is 9.57. The minimum atomic E-state index is -0.442. The van der Waals surface area contributed by atoms with Crippen molar-refractivity contribution >= 4 is 97.0 Å². The third-order valence-electron chi connectivity index (χ3n) is 4.36. The van der Waals surface area contributed by atoms with E-state index in [1.54, 1.807) is 18.2 Å². The molecule has 0 aliphatic carbocycles. The SMILES string of the molecule is O=C(Nc1nc2ccc(Br)cc2s1)c1cccc(C(=O)Nc2nc3ccc(Br)cc3s2)n1. The van der Waals surface area contributed by atoms with E-state index in [1.165, 1.54) is 22.7 Å². The fraction of sp³-hybridized carbons (Fsp3) is 0. The standard InChI is InChI=1S/C21H11Br2N5O2S2/c22-10-4-6-12-16(8-10)31-20(25-12)27-18(29)14-2-1-3-15(24-14)19(30)28-21-26-13-7-5-11(23)9-17(13)32-21/h1-9H,(H,25,27,29)(H,26,28,30). The second kappa shape index (κ2) is 8.66. The molecule has 0 fully saturated rings. The number of halogens is 2. The molecular weight excluding hydrogens is 578 g/mol. The molecule has 0 unspecified atom stereocenters. The smallest absolute Gasteiger partial charge is 0.276 e. The first-order chi connectivity index (χ1) is 15.4. The van der Waals surface area contributed by atoms with E-state index in [1.807, 2.05) is 36.4 Å². The van der Waals surface area contributed by atoms with Gasteiger partial charge in [-0.05, 0) is 48.5 Å². The number of nitrogens with zero attached hydrogens (tertiary/aromatic N) is 3. The van der Waals surface area contributed by atoms with Gasteiger partial charge in [-0.2, -0.15) is 0 Å². The Morgan fingerprint density at radius 1 is 0.688 bits per heavy atom. The molecule has 0 bridgehead atoms. The molecule has 0 aliphatic rings. The highest BCUT2D eigenvalue weighted by atomic mass is 79.9. The molecule has 32 heavy (non-hydrogen) atoms. The zero-order valence-electron chi connectivity index (χ0n) is 15.9. The number of anilines is 2. The van der Waals surface area contributed by atoms with Gasteiger partial charge in [0.2, 0.25) is 0 Å². The lowest BCUT2D eigenvalue weighted by Crippen LogP contribution is -2.18. The van der Waals surface area contributed by atoms with E-state index < -0.39 is 11.8 Å². The van der Waals surface area contributed by atoms with Crippen LogP contribution >= 0.6 is 54.5 Å². The fourth-order valence-corrected chi connectivity index (χ4v) is 5.74. The second-order valence-corrected chi connectivity index (χ2v) is 10.5. The van der Waals surface area contributed by atoms with E-state index >= 15 is 0 Å². The van der Waals surface area contributed by atoms with Gasteiger partial charge in [0.25, 0.3) is 11.8 Å². The normalized spacial score (nSPS) is 11.1. The highest BCUT2D eigenvalue weighted by molar-refractivity contribution is 9.10. The van der Waals surface area contributed by atoms with E-state index in [2.05, 4.69) is 57.4 Å². The number of fused-ring (bicyclic) bond motifs is 2. The monoisotopic (exact) mass is 587 g/mol. The zero-order valence-corrected chi connectivity index (χ0v) is 20.7. The van der Waals surface area contributed by atoms with Gasteiger partial charge < -0.3 is 0 Å². The van der Waals surface area contributed by atoms with Crippen LogP contribution in [0.15, 0.2) is 63.5 Å². The highest BCUT2D eigenvalue weighted by Crippen LogP contribution is 2.30. The number of amides is 2. The number of rotatable bonds is 4. The summed E-state index contributed by atoms with van der Waals surface area (Å²) in [5.74, 6) is -0.884. The average Bonchev–Trinajstić information content (AvgIpc) is 3.35. The number of hydrogen-bond donors (Lipinski definition) is 2. The molecule has 11 heteroatoms. The molecule has 2 N–H and O–H groups in total. The fourth-order valence-electron chi connectivity index (χ4n) is 2.91. The van der Waals surface area contributed by atoms with Gasteiger partial charge in [-0.15, -0.1) is 0 Å². The van der Waals surface area contributed by atoms with Gasteiger partial charge in [-0.1, -0.05) is 60.6 Å². The first-order valence-electron chi connectivity index (χ1n) is 9.16. The van der Waals surface area contributed by atoms with Gasteiger partial charge in [0.05, 0.1) is 20.4 Å². The molecule has 3 aromatic heterocycles. The molecule has 0 saturated heterocycles. The van der Waals surface area contributed by atoms with Crippen LogP contribution in [0, 0.1) is 0 Å². The van der Waals surface area contributed by atoms with Crippen molar-refractivity contribution < 1.29 is 9.59 Å². The molecule has 2 amide bonds. The average molecular weight is 589 g/mol. The Morgan fingerprint density at radius 2 is 1.16 bits per heavy atom. The van der Waals surface area contributed by atoms with Crippen molar-refractivity contribution in [3.05, 3.63) is 74.9 Å². The number of benzene rings is 2. The summed E-state index contributed by atoms with van der Waals surface area (Å²) in [4.78, 5) is 38.4. The third-order valence-corrected chi connectivity index (χ3v) is 7.21. The van der Waals surface area contributed by atoms with Gasteiger partial charge in [-0.25, -0.2) is 15.0 Å². The van der Waals surface area contributed by atoms with Crippen LogP contribution in [0.2, 0.25) is 0 Å². The van der Waals surface area contributed by atoms with Gasteiger partial charge >= 0.3 is 0 Å². The van der Waals surface area contributed by atoms with Gasteiger partial charge in [0.15, 0.2) is 10.3 Å². The molecule has 5 aromatic rings. The summed E-state index contributed by atoms with van der Waals surface area (Å²) in [5.41, 5.74) is 1.81. The number of nitrogens with one attached hydrogen (secondary N) is 2. The number of carbonyl (C=O) groups excluding carboxylic acids is 2. The number of carbonyl (C=O) groups is 2. The van der Waals surface area contributed by atoms with Crippen LogP contribution in [0.3, 0.4) is 0 Å². The van der Waals surface area contributed by atoms with Crippen LogP contribution in [0.4, 0.5) is 10.3 Å². The lowest BCUT2D eigenvalue weighted by molar-refractivity contribution is 0.101. The number of thiazole rings is 2. The van der Waals surface area contributed by atoms with Crippen molar-refractivity contribution in [1.29, 1.82) is 0 Å². The molecular formula is C21H11Br2N5O2S2. The van der Waals surface area contributed by atoms with Gasteiger partial charge in [0, 0.05) is 8.95 Å². The van der Waals surface area contributed by atoms with Gasteiger partial charge in [-0.3, -0.25) is 20.2 Å². The number of hydrogen-bond acceptors (Lipinski definition) is 7. The maximum atomic E-state index is 12.7. The molecule has 0 spiro atoms. The molecule has 158 valence electrons. The minimum Gasteiger partial charge on any atom is -0.296 e. The molecule has 2 aromatic carbocycles. The number of pyridine rings is 1. The maximum Gasteiger partial charge on any atom is 0.276 e. The number of aromatic nitrogens is 3. The Labute approximate surface area is 206 Å². The quantitative estimate of drug-likeness (QED) is 0.256. The summed E-state index contributed by atoms with van der Waals surface area (Å²) in [6, 6.07) is 16.1. The van der Waals surface area contributed by atoms with Crippen molar-refractivity contribution in [3.8, 4) is 0 Å². The summed E-state index contributed by atoms with van der Waals surface area (Å²) in [6.45, 7) is 0. The van der Waals surface area contributed by atoms with Crippen LogP contribution in [-0.2, 0) is 0 Å². The van der Waals surface area contributed by atoms with E-state index in [0.29, 0.717) is 10.3 Å². The highest BCUT2D eigenvalue weighted by Gasteiger charge is 2.16. The van der Waals surface area contributed by atoms with Crippen molar-refractivity contribution in [2.45, 2.75) is 0 Å². The summed E-state index contributed by atoms with van der Waals surface area (Å²) in [5, 5.41) is 6.42. The first kappa shape index (κ1) is 21.1. The van der Waals surface area contributed by atoms with Crippen LogP contribution in [0.25, 0.3) is 20.4 Å².